The van der Waals surface area contributed by atoms with E-state index in [1.54, 1.807) is 23.7 Å². The maximum absolute atomic E-state index is 4.79. The van der Waals surface area contributed by atoms with Crippen molar-refractivity contribution in [2.75, 3.05) is 11.9 Å². The molecular formula is C22H20N4S. The minimum Gasteiger partial charge on any atom is -0.369 e. The Labute approximate surface area is 162 Å². The van der Waals surface area contributed by atoms with Crippen LogP contribution < -0.4 is 5.32 Å². The third-order valence-electron chi connectivity index (χ3n) is 4.20. The highest BCUT2D eigenvalue weighted by Crippen LogP contribution is 2.33. The van der Waals surface area contributed by atoms with Gasteiger partial charge in [0.05, 0.1) is 16.0 Å². The van der Waals surface area contributed by atoms with Crippen LogP contribution in [0, 0.1) is 11.8 Å². The van der Waals surface area contributed by atoms with Crippen molar-refractivity contribution < 1.29 is 0 Å². The Balaban J connectivity index is 1.67. The monoisotopic (exact) mass is 372 g/mol. The molecule has 0 aliphatic rings. The summed E-state index contributed by atoms with van der Waals surface area (Å²) >= 11 is 1.66. The molecule has 0 aliphatic heterocycles. The van der Waals surface area contributed by atoms with Crippen LogP contribution in [0.15, 0.2) is 61.1 Å². The number of rotatable bonds is 5. The molecule has 0 atom stereocenters. The normalized spacial score (nSPS) is 10.6. The molecular weight excluding hydrogens is 352 g/mol. The van der Waals surface area contributed by atoms with Gasteiger partial charge in [-0.25, -0.2) is 4.98 Å². The summed E-state index contributed by atoms with van der Waals surface area (Å²) in [6, 6.07) is 14.2. The van der Waals surface area contributed by atoms with E-state index in [0.29, 0.717) is 0 Å². The van der Waals surface area contributed by atoms with Crippen LogP contribution in [0.5, 0.6) is 0 Å². The van der Waals surface area contributed by atoms with E-state index in [1.165, 1.54) is 0 Å². The Morgan fingerprint density at radius 3 is 2.85 bits per heavy atom. The van der Waals surface area contributed by atoms with Gasteiger partial charge in [-0.2, -0.15) is 0 Å². The lowest BCUT2D eigenvalue weighted by Gasteiger charge is -2.06. The van der Waals surface area contributed by atoms with Crippen LogP contribution in [0.25, 0.3) is 16.2 Å². The highest BCUT2D eigenvalue weighted by molar-refractivity contribution is 7.16. The molecule has 0 radical (unpaired) electrons. The molecule has 0 unspecified atom stereocenters. The Morgan fingerprint density at radius 2 is 2.00 bits per heavy atom. The van der Waals surface area contributed by atoms with Gasteiger partial charge in [0.1, 0.15) is 11.5 Å². The Morgan fingerprint density at radius 1 is 1.11 bits per heavy atom. The van der Waals surface area contributed by atoms with Crippen LogP contribution in [0.4, 0.5) is 5.82 Å². The van der Waals surface area contributed by atoms with Crippen molar-refractivity contribution in [1.82, 2.24) is 14.4 Å². The molecule has 4 rings (SSSR count). The van der Waals surface area contributed by atoms with Crippen LogP contribution in [-0.4, -0.2) is 20.9 Å². The Kier molecular flexibility index (Phi) is 5.17. The second kappa shape index (κ2) is 8.07. The second-order valence-electron chi connectivity index (χ2n) is 6.17. The van der Waals surface area contributed by atoms with Crippen LogP contribution in [0.1, 0.15) is 30.2 Å². The first-order valence-electron chi connectivity index (χ1n) is 9.08. The lowest BCUT2D eigenvalue weighted by atomic mass is 10.2. The molecule has 0 bridgehead atoms. The van der Waals surface area contributed by atoms with Gasteiger partial charge in [-0.1, -0.05) is 43.4 Å². The average Bonchev–Trinajstić information content (AvgIpc) is 3.32. The molecule has 0 fully saturated rings. The summed E-state index contributed by atoms with van der Waals surface area (Å²) in [5, 5.41) is 3.55. The Bertz CT molecular complexity index is 1100. The van der Waals surface area contributed by atoms with Crippen LogP contribution >= 0.6 is 11.3 Å². The van der Waals surface area contributed by atoms with Crippen molar-refractivity contribution in [3.63, 3.8) is 0 Å². The van der Waals surface area contributed by atoms with Crippen molar-refractivity contribution in [3.05, 3.63) is 71.5 Å². The molecule has 3 aromatic heterocycles. The zero-order valence-corrected chi connectivity index (χ0v) is 16.0. The first kappa shape index (κ1) is 17.3. The lowest BCUT2D eigenvalue weighted by Crippen LogP contribution is -2.04. The van der Waals surface area contributed by atoms with Crippen molar-refractivity contribution in [2.45, 2.75) is 19.8 Å². The van der Waals surface area contributed by atoms with Gasteiger partial charge in [0.2, 0.25) is 0 Å². The summed E-state index contributed by atoms with van der Waals surface area (Å²) in [5.74, 6) is 7.49. The summed E-state index contributed by atoms with van der Waals surface area (Å²) in [4.78, 5) is 11.1. The quantitative estimate of drug-likeness (QED) is 0.393. The summed E-state index contributed by atoms with van der Waals surface area (Å²) in [6.45, 7) is 3.11. The molecule has 1 aromatic carbocycles. The molecule has 1 N–H and O–H groups in total. The third kappa shape index (κ3) is 3.86. The lowest BCUT2D eigenvalue weighted by molar-refractivity contribution is 0.830. The number of anilines is 1. The van der Waals surface area contributed by atoms with E-state index in [-0.39, 0.29) is 0 Å². The molecule has 5 heteroatoms. The zero-order valence-electron chi connectivity index (χ0n) is 15.1. The molecule has 0 spiro atoms. The van der Waals surface area contributed by atoms with Crippen molar-refractivity contribution in [3.8, 4) is 22.4 Å². The SMILES string of the molecule is CCCCNc1c(-c2ccc(C#Cc3ccccc3)s2)nc2cnccn12. The summed E-state index contributed by atoms with van der Waals surface area (Å²) in [7, 11) is 0. The van der Waals surface area contributed by atoms with Crippen molar-refractivity contribution in [1.29, 1.82) is 0 Å². The minimum atomic E-state index is 0.844. The predicted octanol–water partition coefficient (Wildman–Crippen LogP) is 5.07. The van der Waals surface area contributed by atoms with Gasteiger partial charge in [0.25, 0.3) is 0 Å². The highest BCUT2D eigenvalue weighted by Gasteiger charge is 2.15. The number of benzene rings is 1. The third-order valence-corrected chi connectivity index (χ3v) is 5.20. The number of nitrogens with one attached hydrogen (secondary N) is 1. The van der Waals surface area contributed by atoms with Gasteiger partial charge in [0, 0.05) is 24.5 Å². The molecule has 0 saturated carbocycles. The smallest absolute Gasteiger partial charge is 0.157 e. The predicted molar refractivity (Wildman–Crippen MR) is 112 cm³/mol. The second-order valence-corrected chi connectivity index (χ2v) is 7.26. The number of unbranched alkanes of at least 4 members (excludes halogenated alkanes) is 1. The molecule has 0 aliphatic carbocycles. The number of thiophene rings is 1. The molecule has 27 heavy (non-hydrogen) atoms. The number of hydrogen-bond acceptors (Lipinski definition) is 4. The number of hydrogen-bond donors (Lipinski definition) is 1. The van der Waals surface area contributed by atoms with Gasteiger partial charge in [0.15, 0.2) is 5.65 Å². The van der Waals surface area contributed by atoms with E-state index in [4.69, 9.17) is 4.98 Å². The van der Waals surface area contributed by atoms with E-state index >= 15 is 0 Å². The first-order valence-corrected chi connectivity index (χ1v) is 9.90. The van der Waals surface area contributed by atoms with E-state index in [9.17, 15) is 0 Å². The fourth-order valence-electron chi connectivity index (χ4n) is 2.82. The number of aromatic nitrogens is 3. The molecule has 134 valence electrons. The van der Waals surface area contributed by atoms with Crippen LogP contribution in [0.3, 0.4) is 0 Å². The summed E-state index contributed by atoms with van der Waals surface area (Å²) in [5.41, 5.74) is 2.82. The van der Waals surface area contributed by atoms with Crippen LogP contribution in [0.2, 0.25) is 0 Å². The summed E-state index contributed by atoms with van der Waals surface area (Å²) < 4.78 is 2.06. The zero-order chi connectivity index (χ0) is 18.5. The molecule has 4 aromatic rings. The van der Waals surface area contributed by atoms with Crippen molar-refractivity contribution >= 4 is 22.8 Å². The average molecular weight is 372 g/mol. The van der Waals surface area contributed by atoms with Gasteiger partial charge in [-0.05, 0) is 30.7 Å². The molecule has 3 heterocycles. The highest BCUT2D eigenvalue weighted by atomic mass is 32.1. The van der Waals surface area contributed by atoms with Gasteiger partial charge < -0.3 is 5.32 Å². The minimum absolute atomic E-state index is 0.844. The van der Waals surface area contributed by atoms with Gasteiger partial charge in [-0.3, -0.25) is 9.38 Å². The van der Waals surface area contributed by atoms with Gasteiger partial charge in [-0.15, -0.1) is 11.3 Å². The molecule has 4 nitrogen and oxygen atoms in total. The number of nitrogens with zero attached hydrogens (tertiary/aromatic N) is 3. The van der Waals surface area contributed by atoms with E-state index < -0.39 is 0 Å². The maximum atomic E-state index is 4.79. The molecule has 0 saturated heterocycles. The first-order chi connectivity index (χ1) is 13.3. The largest absolute Gasteiger partial charge is 0.369 e. The van der Waals surface area contributed by atoms with Crippen LogP contribution in [-0.2, 0) is 0 Å². The number of imidazole rings is 1. The molecule has 0 amide bonds. The van der Waals surface area contributed by atoms with Gasteiger partial charge >= 0.3 is 0 Å². The van der Waals surface area contributed by atoms with E-state index in [1.807, 2.05) is 36.5 Å². The maximum Gasteiger partial charge on any atom is 0.157 e. The fraction of sp³-hybridized carbons (Fsp3) is 0.182. The number of fused-ring (bicyclic) bond motifs is 1. The van der Waals surface area contributed by atoms with Crippen molar-refractivity contribution in [2.24, 2.45) is 0 Å². The van der Waals surface area contributed by atoms with E-state index in [0.717, 1.165) is 51.9 Å². The Hall–Kier alpha value is -3.10. The topological polar surface area (TPSA) is 42.2 Å². The summed E-state index contributed by atoms with van der Waals surface area (Å²) in [6.07, 6.45) is 7.80. The van der Waals surface area contributed by atoms with E-state index in [2.05, 4.69) is 45.6 Å². The standard InChI is InChI=1S/C22H20N4S/c1-2-3-13-24-22-21(25-20-16-23-14-15-26(20)22)19-12-11-18(27-19)10-9-17-7-5-4-6-8-17/h4-8,11-12,14-16,24H,2-3,13H2,1H3. The fourth-order valence-corrected chi connectivity index (χ4v) is 3.67.